The summed E-state index contributed by atoms with van der Waals surface area (Å²) in [4.78, 5) is 1.13. The summed E-state index contributed by atoms with van der Waals surface area (Å²) in [6, 6.07) is 2.73. The largest absolute Gasteiger partial charge is 0.386 e. The van der Waals surface area contributed by atoms with Gasteiger partial charge in [-0.2, -0.15) is 0 Å². The molecule has 1 aromatic heterocycles. The van der Waals surface area contributed by atoms with Crippen LogP contribution in [-0.2, 0) is 10.3 Å². The van der Waals surface area contributed by atoms with Crippen LogP contribution in [0, 0.1) is 0 Å². The first-order chi connectivity index (χ1) is 8.50. The fourth-order valence-corrected chi connectivity index (χ4v) is 4.80. The zero-order chi connectivity index (χ0) is 12.9. The number of ether oxygens (including phenoxy) is 1. The molecule has 0 bridgehead atoms. The maximum absolute atomic E-state index is 10.0. The summed E-state index contributed by atoms with van der Waals surface area (Å²) in [6.45, 7) is 4.74. The number of rotatable bonds is 0. The van der Waals surface area contributed by atoms with Crippen LogP contribution < -0.4 is 5.32 Å². The van der Waals surface area contributed by atoms with Crippen molar-refractivity contribution in [1.82, 2.24) is 5.32 Å². The Bertz CT molecular complexity index is 452. The van der Waals surface area contributed by atoms with E-state index in [2.05, 4.69) is 19.2 Å². The van der Waals surface area contributed by atoms with E-state index in [1.807, 2.05) is 6.07 Å². The van der Waals surface area contributed by atoms with Crippen LogP contribution in [0.25, 0.3) is 0 Å². The minimum atomic E-state index is -0.533. The van der Waals surface area contributed by atoms with Crippen LogP contribution in [-0.4, -0.2) is 23.8 Å². The van der Waals surface area contributed by atoms with Crippen LogP contribution in [0.2, 0.25) is 4.34 Å². The van der Waals surface area contributed by atoms with E-state index in [-0.39, 0.29) is 5.60 Å². The molecule has 3 heterocycles. The van der Waals surface area contributed by atoms with E-state index >= 15 is 0 Å². The number of aliphatic hydroxyl groups is 1. The molecule has 2 aliphatic rings. The second kappa shape index (κ2) is 4.46. The van der Waals surface area contributed by atoms with E-state index in [0.29, 0.717) is 18.7 Å². The Morgan fingerprint density at radius 3 is 2.78 bits per heavy atom. The van der Waals surface area contributed by atoms with Crippen LogP contribution in [0.5, 0.6) is 0 Å². The summed E-state index contributed by atoms with van der Waals surface area (Å²) in [5.41, 5.74) is 0.716. The van der Waals surface area contributed by atoms with Crippen molar-refractivity contribution in [1.29, 1.82) is 0 Å². The van der Waals surface area contributed by atoms with Crippen molar-refractivity contribution < 1.29 is 9.84 Å². The predicted octanol–water partition coefficient (Wildman–Crippen LogP) is 2.82. The molecule has 3 rings (SSSR count). The monoisotopic (exact) mass is 287 g/mol. The molecule has 0 aliphatic carbocycles. The third-order valence-corrected chi connectivity index (χ3v) is 5.33. The first-order valence-corrected chi connectivity index (χ1v) is 7.57. The van der Waals surface area contributed by atoms with Gasteiger partial charge in [-0.25, -0.2) is 0 Å². The summed E-state index contributed by atoms with van der Waals surface area (Å²) >= 11 is 7.68. The lowest BCUT2D eigenvalue weighted by Crippen LogP contribution is -2.52. The number of aliphatic hydroxyl groups excluding tert-OH is 1. The van der Waals surface area contributed by atoms with Crippen LogP contribution in [0.3, 0.4) is 0 Å². The van der Waals surface area contributed by atoms with Crippen molar-refractivity contribution in [3.05, 3.63) is 20.8 Å². The summed E-state index contributed by atoms with van der Waals surface area (Å²) in [5.74, 6) is 0. The Hall–Kier alpha value is -0.130. The van der Waals surface area contributed by atoms with Gasteiger partial charge in [-0.1, -0.05) is 11.6 Å². The van der Waals surface area contributed by atoms with Gasteiger partial charge in [-0.15, -0.1) is 11.3 Å². The van der Waals surface area contributed by atoms with Crippen LogP contribution in [0.4, 0.5) is 0 Å². The van der Waals surface area contributed by atoms with Crippen molar-refractivity contribution in [2.45, 2.75) is 50.5 Å². The van der Waals surface area contributed by atoms with Gasteiger partial charge in [0.25, 0.3) is 0 Å². The second-order valence-electron chi connectivity index (χ2n) is 5.53. The fraction of sp³-hybridized carbons (Fsp3) is 0.692. The standard InChI is InChI=1S/C13H18ClNO2S/c1-7-4-13(5-8(2)15-7)12-9(3-11(14)18-12)10(16)6-17-13/h3,7-8,10,15-16H,4-6H2,1-2H3/t7-,8+,10-,13?/m1/s1. The lowest BCUT2D eigenvalue weighted by Gasteiger charge is -2.46. The molecule has 0 amide bonds. The Kier molecular flexibility index (Phi) is 3.19. The van der Waals surface area contributed by atoms with Gasteiger partial charge in [0.15, 0.2) is 0 Å². The zero-order valence-corrected chi connectivity index (χ0v) is 12.1. The number of thiophene rings is 1. The average molecular weight is 288 g/mol. The Morgan fingerprint density at radius 2 is 2.11 bits per heavy atom. The lowest BCUT2D eigenvalue weighted by atomic mass is 9.80. The fourth-order valence-electron chi connectivity index (χ4n) is 3.35. The Balaban J connectivity index is 2.05. The van der Waals surface area contributed by atoms with Gasteiger partial charge in [0.1, 0.15) is 11.7 Å². The van der Waals surface area contributed by atoms with Gasteiger partial charge >= 0.3 is 0 Å². The number of hydrogen-bond donors (Lipinski definition) is 2. The number of halogens is 1. The maximum atomic E-state index is 10.0. The molecule has 3 nitrogen and oxygen atoms in total. The number of hydrogen-bond acceptors (Lipinski definition) is 4. The molecule has 1 aromatic rings. The highest BCUT2D eigenvalue weighted by Crippen LogP contribution is 2.49. The third-order valence-electron chi connectivity index (χ3n) is 3.86. The van der Waals surface area contributed by atoms with Gasteiger partial charge in [0.2, 0.25) is 0 Å². The normalized spacial score (nSPS) is 39.9. The quantitative estimate of drug-likeness (QED) is 0.771. The first kappa shape index (κ1) is 12.9. The lowest BCUT2D eigenvalue weighted by molar-refractivity contribution is -0.127. The molecule has 2 N–H and O–H groups in total. The van der Waals surface area contributed by atoms with Gasteiger partial charge in [-0.3, -0.25) is 0 Å². The second-order valence-corrected chi connectivity index (χ2v) is 7.22. The van der Waals surface area contributed by atoms with Crippen molar-refractivity contribution in [2.75, 3.05) is 6.61 Å². The summed E-state index contributed by atoms with van der Waals surface area (Å²) < 4.78 is 6.80. The van der Waals surface area contributed by atoms with Gasteiger partial charge in [0.05, 0.1) is 10.9 Å². The topological polar surface area (TPSA) is 41.5 Å². The molecule has 1 unspecified atom stereocenters. The molecular weight excluding hydrogens is 270 g/mol. The van der Waals surface area contributed by atoms with Gasteiger partial charge in [0, 0.05) is 22.5 Å². The molecule has 18 heavy (non-hydrogen) atoms. The zero-order valence-electron chi connectivity index (χ0n) is 10.6. The molecule has 1 saturated heterocycles. The summed E-state index contributed by atoms with van der Waals surface area (Å²) in [5, 5.41) is 13.6. The maximum Gasteiger partial charge on any atom is 0.106 e. The van der Waals surface area contributed by atoms with Crippen molar-refractivity contribution in [2.24, 2.45) is 0 Å². The number of nitrogens with one attached hydrogen (secondary N) is 1. The molecule has 1 spiro atoms. The van der Waals surface area contributed by atoms with Gasteiger partial charge in [-0.05, 0) is 32.8 Å². The highest BCUT2D eigenvalue weighted by molar-refractivity contribution is 7.16. The van der Waals surface area contributed by atoms with E-state index in [1.165, 1.54) is 0 Å². The predicted molar refractivity (Wildman–Crippen MR) is 73.2 cm³/mol. The smallest absolute Gasteiger partial charge is 0.106 e. The SMILES string of the molecule is C[C@@H]1CC2(C[C@H](C)N1)OC[C@@H](O)c1cc(Cl)sc12. The molecule has 1 fully saturated rings. The van der Waals surface area contributed by atoms with Crippen molar-refractivity contribution in [3.63, 3.8) is 0 Å². The molecule has 0 aromatic carbocycles. The Labute approximate surface area is 116 Å². The van der Waals surface area contributed by atoms with Gasteiger partial charge < -0.3 is 15.2 Å². The minimum absolute atomic E-state index is 0.254. The van der Waals surface area contributed by atoms with E-state index in [0.717, 1.165) is 27.6 Å². The van der Waals surface area contributed by atoms with E-state index in [1.54, 1.807) is 11.3 Å². The molecule has 2 aliphatic heterocycles. The molecule has 0 saturated carbocycles. The van der Waals surface area contributed by atoms with E-state index in [9.17, 15) is 5.11 Å². The van der Waals surface area contributed by atoms with E-state index < -0.39 is 6.10 Å². The highest BCUT2D eigenvalue weighted by atomic mass is 35.5. The molecule has 5 heteroatoms. The molecule has 4 atom stereocenters. The van der Waals surface area contributed by atoms with Crippen molar-refractivity contribution >= 4 is 22.9 Å². The highest BCUT2D eigenvalue weighted by Gasteiger charge is 2.46. The average Bonchev–Trinajstić information content (AvgIpc) is 2.67. The summed E-state index contributed by atoms with van der Waals surface area (Å²) in [7, 11) is 0. The van der Waals surface area contributed by atoms with E-state index in [4.69, 9.17) is 16.3 Å². The third kappa shape index (κ3) is 2.00. The molecular formula is C13H18ClNO2S. The summed E-state index contributed by atoms with van der Waals surface area (Å²) in [6.07, 6.45) is 1.34. The van der Waals surface area contributed by atoms with Crippen LogP contribution >= 0.6 is 22.9 Å². The number of fused-ring (bicyclic) bond motifs is 2. The first-order valence-electron chi connectivity index (χ1n) is 6.38. The van der Waals surface area contributed by atoms with Crippen molar-refractivity contribution in [3.8, 4) is 0 Å². The molecule has 100 valence electrons. The van der Waals surface area contributed by atoms with Crippen LogP contribution in [0.15, 0.2) is 6.07 Å². The number of piperidine rings is 1. The molecule has 0 radical (unpaired) electrons. The van der Waals surface area contributed by atoms with Crippen LogP contribution in [0.1, 0.15) is 43.2 Å². The minimum Gasteiger partial charge on any atom is -0.386 e. The Morgan fingerprint density at radius 1 is 1.44 bits per heavy atom.